The van der Waals surface area contributed by atoms with Gasteiger partial charge in [0.2, 0.25) is 0 Å². The van der Waals surface area contributed by atoms with Gasteiger partial charge in [-0.15, -0.1) is 11.3 Å². The fourth-order valence-corrected chi connectivity index (χ4v) is 3.01. The Kier molecular flexibility index (Phi) is 4.17. The zero-order valence-corrected chi connectivity index (χ0v) is 12.6. The predicted molar refractivity (Wildman–Crippen MR) is 91.2 cm³/mol. The van der Waals surface area contributed by atoms with Crippen LogP contribution in [0, 0.1) is 0 Å². The van der Waals surface area contributed by atoms with Crippen molar-refractivity contribution in [3.05, 3.63) is 83.2 Å². The normalized spacial score (nSPS) is 10.9. The maximum absolute atomic E-state index is 12.2. The van der Waals surface area contributed by atoms with Crippen LogP contribution in [0.5, 0.6) is 5.75 Å². The van der Waals surface area contributed by atoms with Crippen LogP contribution in [0.3, 0.4) is 0 Å². The summed E-state index contributed by atoms with van der Waals surface area (Å²) in [4.78, 5) is 13.4. The van der Waals surface area contributed by atoms with Crippen molar-refractivity contribution in [2.75, 3.05) is 0 Å². The average Bonchev–Trinajstić information content (AvgIpc) is 3.07. The fraction of sp³-hybridized carbons (Fsp3) is 0. The number of phenolic OH excluding ortho intramolecular Hbond substituents is 1. The standard InChI is InChI=1S/C19H14O2S/c20-17-9-4-3-8-16(17)18(21)12-11-14-6-1-2-7-15(14)19-10-5-13-22-19/h1-13,20H. The number of hydrogen-bond acceptors (Lipinski definition) is 3. The third-order valence-electron chi connectivity index (χ3n) is 3.33. The highest BCUT2D eigenvalue weighted by atomic mass is 32.1. The molecule has 0 fully saturated rings. The fourth-order valence-electron chi connectivity index (χ4n) is 2.24. The number of allylic oxidation sites excluding steroid dienone is 1. The summed E-state index contributed by atoms with van der Waals surface area (Å²) in [5.41, 5.74) is 2.39. The van der Waals surface area contributed by atoms with Gasteiger partial charge in [-0.25, -0.2) is 0 Å². The Bertz CT molecular complexity index is 817. The van der Waals surface area contributed by atoms with E-state index in [0.29, 0.717) is 5.56 Å². The van der Waals surface area contributed by atoms with E-state index in [1.165, 1.54) is 12.1 Å². The van der Waals surface area contributed by atoms with Gasteiger partial charge in [-0.2, -0.15) is 0 Å². The highest BCUT2D eigenvalue weighted by Crippen LogP contribution is 2.29. The second-order valence-corrected chi connectivity index (χ2v) is 5.73. The lowest BCUT2D eigenvalue weighted by molar-refractivity contribution is 0.104. The molecule has 0 saturated heterocycles. The summed E-state index contributed by atoms with van der Waals surface area (Å²) in [6, 6.07) is 18.6. The molecule has 0 radical (unpaired) electrons. The van der Waals surface area contributed by atoms with E-state index >= 15 is 0 Å². The van der Waals surface area contributed by atoms with Crippen molar-refractivity contribution >= 4 is 23.2 Å². The SMILES string of the molecule is O=C(C=Cc1ccccc1-c1cccs1)c1ccccc1O. The van der Waals surface area contributed by atoms with Crippen molar-refractivity contribution in [3.8, 4) is 16.2 Å². The number of para-hydroxylation sites is 1. The van der Waals surface area contributed by atoms with Gasteiger partial charge in [-0.1, -0.05) is 48.5 Å². The third-order valence-corrected chi connectivity index (χ3v) is 4.23. The van der Waals surface area contributed by atoms with Crippen LogP contribution in [0.1, 0.15) is 15.9 Å². The molecule has 0 unspecified atom stereocenters. The number of benzene rings is 2. The third kappa shape index (κ3) is 3.00. The molecule has 0 atom stereocenters. The highest BCUT2D eigenvalue weighted by molar-refractivity contribution is 7.13. The highest BCUT2D eigenvalue weighted by Gasteiger charge is 2.08. The lowest BCUT2D eigenvalue weighted by Crippen LogP contribution is -1.94. The smallest absolute Gasteiger partial charge is 0.189 e. The summed E-state index contributed by atoms with van der Waals surface area (Å²) in [5.74, 6) is -0.206. The summed E-state index contributed by atoms with van der Waals surface area (Å²) in [5, 5.41) is 11.8. The van der Waals surface area contributed by atoms with Crippen molar-refractivity contribution in [1.82, 2.24) is 0 Å². The van der Waals surface area contributed by atoms with Crippen molar-refractivity contribution in [1.29, 1.82) is 0 Å². The topological polar surface area (TPSA) is 37.3 Å². The number of carbonyl (C=O) groups is 1. The van der Waals surface area contributed by atoms with Gasteiger partial charge >= 0.3 is 0 Å². The Hall–Kier alpha value is -2.65. The van der Waals surface area contributed by atoms with Crippen molar-refractivity contribution < 1.29 is 9.90 Å². The number of aromatic hydroxyl groups is 1. The van der Waals surface area contributed by atoms with Crippen molar-refractivity contribution in [2.45, 2.75) is 0 Å². The zero-order chi connectivity index (χ0) is 15.4. The van der Waals surface area contributed by atoms with Gasteiger partial charge in [0.1, 0.15) is 5.75 Å². The van der Waals surface area contributed by atoms with Crippen LogP contribution in [-0.2, 0) is 0 Å². The van der Waals surface area contributed by atoms with Gasteiger partial charge < -0.3 is 5.11 Å². The van der Waals surface area contributed by atoms with Crippen LogP contribution < -0.4 is 0 Å². The molecule has 22 heavy (non-hydrogen) atoms. The largest absolute Gasteiger partial charge is 0.507 e. The van der Waals surface area contributed by atoms with E-state index in [0.717, 1.165) is 16.0 Å². The molecule has 2 nitrogen and oxygen atoms in total. The van der Waals surface area contributed by atoms with Crippen molar-refractivity contribution in [2.24, 2.45) is 0 Å². The molecule has 0 amide bonds. The minimum atomic E-state index is -0.209. The maximum atomic E-state index is 12.2. The van der Waals surface area contributed by atoms with Crippen LogP contribution in [0.4, 0.5) is 0 Å². The first-order chi connectivity index (χ1) is 10.8. The molecule has 1 aromatic heterocycles. The molecule has 0 aliphatic carbocycles. The molecule has 0 bridgehead atoms. The monoisotopic (exact) mass is 306 g/mol. The second-order valence-electron chi connectivity index (χ2n) is 4.78. The molecule has 0 saturated carbocycles. The van der Waals surface area contributed by atoms with Crippen molar-refractivity contribution in [3.63, 3.8) is 0 Å². The Labute approximate surface area is 133 Å². The van der Waals surface area contributed by atoms with E-state index in [1.54, 1.807) is 35.6 Å². The van der Waals surface area contributed by atoms with Gasteiger partial charge in [0.15, 0.2) is 5.78 Å². The minimum Gasteiger partial charge on any atom is -0.507 e. The Morgan fingerprint density at radius 1 is 0.955 bits per heavy atom. The number of hydrogen-bond donors (Lipinski definition) is 1. The van der Waals surface area contributed by atoms with Gasteiger partial charge in [-0.05, 0) is 40.8 Å². The molecule has 3 aromatic rings. The van der Waals surface area contributed by atoms with Gasteiger partial charge in [-0.3, -0.25) is 4.79 Å². The Balaban J connectivity index is 1.91. The number of ketones is 1. The zero-order valence-electron chi connectivity index (χ0n) is 11.8. The summed E-state index contributed by atoms with van der Waals surface area (Å²) in [7, 11) is 0. The number of thiophene rings is 1. The van der Waals surface area contributed by atoms with Crippen LogP contribution in [0.2, 0.25) is 0 Å². The summed E-state index contributed by atoms with van der Waals surface area (Å²) < 4.78 is 0. The molecule has 1 heterocycles. The molecule has 0 aliphatic heterocycles. The maximum Gasteiger partial charge on any atom is 0.189 e. The summed E-state index contributed by atoms with van der Waals surface area (Å²) in [6.45, 7) is 0. The molecule has 0 aliphatic rings. The number of carbonyl (C=O) groups excluding carboxylic acids is 1. The second kappa shape index (κ2) is 6.41. The number of rotatable bonds is 4. The van der Waals surface area contributed by atoms with Crippen LogP contribution >= 0.6 is 11.3 Å². The van der Waals surface area contributed by atoms with Crippen LogP contribution in [-0.4, -0.2) is 10.9 Å². The molecule has 108 valence electrons. The van der Waals surface area contributed by atoms with Gasteiger partial charge in [0, 0.05) is 4.88 Å². The lowest BCUT2D eigenvalue weighted by atomic mass is 10.0. The molecule has 1 N–H and O–H groups in total. The molecule has 3 rings (SSSR count). The first-order valence-electron chi connectivity index (χ1n) is 6.89. The van der Waals surface area contributed by atoms with E-state index < -0.39 is 0 Å². The Morgan fingerprint density at radius 3 is 2.50 bits per heavy atom. The summed E-state index contributed by atoms with van der Waals surface area (Å²) in [6.07, 6.45) is 3.30. The molecule has 3 heteroatoms. The van der Waals surface area contributed by atoms with E-state index in [9.17, 15) is 9.90 Å². The van der Waals surface area contributed by atoms with Crippen LogP contribution in [0.15, 0.2) is 72.1 Å². The Morgan fingerprint density at radius 2 is 1.73 bits per heavy atom. The predicted octanol–water partition coefficient (Wildman–Crippen LogP) is 5.02. The lowest BCUT2D eigenvalue weighted by Gasteiger charge is -2.03. The van der Waals surface area contributed by atoms with E-state index in [2.05, 4.69) is 6.07 Å². The minimum absolute atomic E-state index is 0.00342. The summed E-state index contributed by atoms with van der Waals surface area (Å²) >= 11 is 1.66. The quantitative estimate of drug-likeness (QED) is 0.543. The molecule has 0 spiro atoms. The first kappa shape index (κ1) is 14.3. The molecular weight excluding hydrogens is 292 g/mol. The van der Waals surface area contributed by atoms with Gasteiger partial charge in [0.25, 0.3) is 0 Å². The van der Waals surface area contributed by atoms with E-state index in [-0.39, 0.29) is 11.5 Å². The number of phenols is 1. The van der Waals surface area contributed by atoms with E-state index in [4.69, 9.17) is 0 Å². The first-order valence-corrected chi connectivity index (χ1v) is 7.77. The van der Waals surface area contributed by atoms with Gasteiger partial charge in [0.05, 0.1) is 5.56 Å². The molecular formula is C19H14O2S. The molecule has 2 aromatic carbocycles. The van der Waals surface area contributed by atoms with Crippen LogP contribution in [0.25, 0.3) is 16.5 Å². The van der Waals surface area contributed by atoms with E-state index in [1.807, 2.05) is 35.7 Å². The average molecular weight is 306 g/mol.